The Morgan fingerprint density at radius 1 is 0.862 bits per heavy atom. The Labute approximate surface area is 178 Å². The predicted octanol–water partition coefficient (Wildman–Crippen LogP) is 6.49. The summed E-state index contributed by atoms with van der Waals surface area (Å²) in [5, 5.41) is 3.52. The number of ether oxygens (including phenoxy) is 1. The lowest BCUT2D eigenvalue weighted by molar-refractivity contribution is 0.300. The molecule has 0 aliphatic heterocycles. The fraction of sp³-hybridized carbons (Fsp3) is 0.200. The van der Waals surface area contributed by atoms with Gasteiger partial charge in [-0.1, -0.05) is 60.7 Å². The molecule has 1 N–H and O–H groups in total. The number of nitrogens with zero attached hydrogens (tertiary/aromatic N) is 1. The van der Waals surface area contributed by atoms with Crippen molar-refractivity contribution in [2.45, 2.75) is 25.7 Å². The molecule has 0 amide bonds. The number of para-hydroxylation sites is 1. The number of nitrogens with one attached hydrogen (secondary N) is 1. The summed E-state index contributed by atoms with van der Waals surface area (Å²) in [5.74, 6) is 0. The van der Waals surface area contributed by atoms with Crippen LogP contribution in [0.3, 0.4) is 0 Å². The van der Waals surface area contributed by atoms with Crippen molar-refractivity contribution >= 4 is 28.7 Å². The fourth-order valence-corrected chi connectivity index (χ4v) is 3.25. The third-order valence-electron chi connectivity index (χ3n) is 4.51. The van der Waals surface area contributed by atoms with E-state index in [1.807, 2.05) is 54.9 Å². The number of anilines is 1. The van der Waals surface area contributed by atoms with Gasteiger partial charge in [-0.25, -0.2) is 0 Å². The Hall–Kier alpha value is -2.98. The number of hydrogen-bond donors (Lipinski definition) is 1. The molecule has 1 aromatic heterocycles. The summed E-state index contributed by atoms with van der Waals surface area (Å²) < 4.78 is 5.61. The second-order valence-electron chi connectivity index (χ2n) is 6.70. The maximum absolute atomic E-state index is 5.61. The highest BCUT2D eigenvalue weighted by molar-refractivity contribution is 7.80. The molecule has 0 radical (unpaired) electrons. The average molecular weight is 403 g/mol. The summed E-state index contributed by atoms with van der Waals surface area (Å²) in [6.45, 7) is 0.635. The van der Waals surface area contributed by atoms with Crippen LogP contribution < -0.4 is 5.32 Å². The number of unbranched alkanes of at least 4 members (excludes halogenated alkanes) is 3. The van der Waals surface area contributed by atoms with E-state index >= 15 is 0 Å². The molecule has 3 aromatic rings. The van der Waals surface area contributed by atoms with Crippen LogP contribution in [0.1, 0.15) is 36.8 Å². The molecule has 3 rings (SSSR count). The first kappa shape index (κ1) is 20.7. The Morgan fingerprint density at radius 3 is 2.31 bits per heavy atom. The number of allylic oxidation sites excluding steroid dienone is 1. The first-order chi connectivity index (χ1) is 14.3. The van der Waals surface area contributed by atoms with Crippen molar-refractivity contribution in [3.05, 3.63) is 102 Å². The van der Waals surface area contributed by atoms with Gasteiger partial charge in [0.2, 0.25) is 0 Å². The Bertz CT molecular complexity index is 854. The molecule has 4 heteroatoms. The van der Waals surface area contributed by atoms with Crippen molar-refractivity contribution in [2.24, 2.45) is 0 Å². The van der Waals surface area contributed by atoms with Crippen molar-refractivity contribution < 1.29 is 4.74 Å². The van der Waals surface area contributed by atoms with Crippen molar-refractivity contribution in [1.82, 2.24) is 4.98 Å². The number of rotatable bonds is 9. The number of aromatic nitrogens is 1. The normalized spacial score (nSPS) is 11.1. The molecule has 0 fully saturated rings. The van der Waals surface area contributed by atoms with E-state index in [1.54, 1.807) is 0 Å². The fourth-order valence-electron chi connectivity index (χ4n) is 3.05. The second kappa shape index (κ2) is 11.8. The van der Waals surface area contributed by atoms with E-state index in [0.717, 1.165) is 36.9 Å². The Morgan fingerprint density at radius 2 is 1.59 bits per heavy atom. The van der Waals surface area contributed by atoms with Gasteiger partial charge < -0.3 is 10.1 Å². The van der Waals surface area contributed by atoms with Gasteiger partial charge in [-0.05, 0) is 67.2 Å². The van der Waals surface area contributed by atoms with Crippen molar-refractivity contribution in [3.8, 4) is 0 Å². The minimum Gasteiger partial charge on any atom is -0.471 e. The highest BCUT2D eigenvalue weighted by Gasteiger charge is 2.04. The van der Waals surface area contributed by atoms with Crippen LogP contribution in [0.15, 0.2) is 91.3 Å². The molecule has 0 saturated heterocycles. The molecule has 0 saturated carbocycles. The molecule has 0 aliphatic rings. The first-order valence-electron chi connectivity index (χ1n) is 9.98. The van der Waals surface area contributed by atoms with Crippen molar-refractivity contribution in [2.75, 3.05) is 11.9 Å². The summed E-state index contributed by atoms with van der Waals surface area (Å²) in [5.41, 5.74) is 4.57. The minimum absolute atomic E-state index is 0.430. The van der Waals surface area contributed by atoms with Gasteiger partial charge in [0.25, 0.3) is 5.17 Å². The lowest BCUT2D eigenvalue weighted by atomic mass is 9.97. The minimum atomic E-state index is 0.430. The first-order valence-corrected chi connectivity index (χ1v) is 10.4. The maximum Gasteiger partial charge on any atom is 0.261 e. The van der Waals surface area contributed by atoms with Crippen LogP contribution in [0.5, 0.6) is 0 Å². The third-order valence-corrected chi connectivity index (χ3v) is 4.73. The average Bonchev–Trinajstić information content (AvgIpc) is 2.77. The standard InChI is InChI=1S/C25H26N2OS/c29-25(27-23-15-7-4-8-16-23)28-19-10-2-1-9-17-24(21-12-5-3-6-13-21)22-14-11-18-26-20-22/h3-8,11-18,20H,1-2,9-10,19H2,(H,27,29)/b24-17+. The largest absolute Gasteiger partial charge is 0.471 e. The van der Waals surface area contributed by atoms with Gasteiger partial charge >= 0.3 is 0 Å². The molecule has 1 heterocycles. The Kier molecular flexibility index (Phi) is 8.42. The highest BCUT2D eigenvalue weighted by atomic mass is 32.1. The number of hydrogen-bond acceptors (Lipinski definition) is 3. The van der Waals surface area contributed by atoms with Crippen LogP contribution in [-0.4, -0.2) is 16.8 Å². The smallest absolute Gasteiger partial charge is 0.261 e. The van der Waals surface area contributed by atoms with Crippen molar-refractivity contribution in [1.29, 1.82) is 0 Å². The quantitative estimate of drug-likeness (QED) is 0.328. The molecule has 148 valence electrons. The summed E-state index contributed by atoms with van der Waals surface area (Å²) in [6, 6.07) is 24.4. The van der Waals surface area contributed by atoms with E-state index in [9.17, 15) is 0 Å². The van der Waals surface area contributed by atoms with E-state index in [2.05, 4.69) is 46.7 Å². The zero-order valence-corrected chi connectivity index (χ0v) is 17.3. The zero-order valence-electron chi connectivity index (χ0n) is 16.5. The van der Waals surface area contributed by atoms with Crippen LogP contribution in [0.4, 0.5) is 5.69 Å². The molecule has 0 spiro atoms. The molecule has 0 aliphatic carbocycles. The zero-order chi connectivity index (χ0) is 20.2. The van der Waals surface area contributed by atoms with Gasteiger partial charge in [0.1, 0.15) is 0 Å². The van der Waals surface area contributed by atoms with Gasteiger partial charge in [-0.2, -0.15) is 0 Å². The van der Waals surface area contributed by atoms with Crippen molar-refractivity contribution in [3.63, 3.8) is 0 Å². The summed E-state index contributed by atoms with van der Waals surface area (Å²) in [4.78, 5) is 4.27. The van der Waals surface area contributed by atoms with E-state index in [4.69, 9.17) is 17.0 Å². The molecule has 0 atom stereocenters. The highest BCUT2D eigenvalue weighted by Crippen LogP contribution is 2.23. The van der Waals surface area contributed by atoms with Crippen LogP contribution in [0, 0.1) is 0 Å². The van der Waals surface area contributed by atoms with E-state index in [-0.39, 0.29) is 0 Å². The molecule has 29 heavy (non-hydrogen) atoms. The third kappa shape index (κ3) is 7.16. The van der Waals surface area contributed by atoms with Gasteiger partial charge in [0.05, 0.1) is 6.61 Å². The van der Waals surface area contributed by atoms with Crippen LogP contribution >= 0.6 is 12.2 Å². The number of thiocarbonyl (C=S) groups is 1. The summed E-state index contributed by atoms with van der Waals surface area (Å²) in [6.07, 6.45) is 10.3. The molecule has 2 aromatic carbocycles. The van der Waals surface area contributed by atoms with Crippen LogP contribution in [0.25, 0.3) is 5.57 Å². The van der Waals surface area contributed by atoms with E-state index < -0.39 is 0 Å². The lowest BCUT2D eigenvalue weighted by Crippen LogP contribution is -2.13. The van der Waals surface area contributed by atoms with Crippen LogP contribution in [-0.2, 0) is 4.74 Å². The number of benzene rings is 2. The molecule has 3 nitrogen and oxygen atoms in total. The van der Waals surface area contributed by atoms with Gasteiger partial charge in [-0.3, -0.25) is 4.98 Å². The lowest BCUT2D eigenvalue weighted by Gasteiger charge is -2.10. The summed E-state index contributed by atoms with van der Waals surface area (Å²) in [7, 11) is 0. The molecular weight excluding hydrogens is 376 g/mol. The van der Waals surface area contributed by atoms with Crippen LogP contribution in [0.2, 0.25) is 0 Å². The molecule has 0 bridgehead atoms. The number of pyridine rings is 1. The van der Waals surface area contributed by atoms with Gasteiger partial charge in [0, 0.05) is 23.6 Å². The monoisotopic (exact) mass is 402 g/mol. The SMILES string of the molecule is S=C(Nc1ccccc1)OCCCCC/C=C(\c1ccccc1)c1cccnc1. The summed E-state index contributed by atoms with van der Waals surface area (Å²) >= 11 is 5.23. The maximum atomic E-state index is 5.61. The van der Waals surface area contributed by atoms with Gasteiger partial charge in [0.15, 0.2) is 0 Å². The molecule has 0 unspecified atom stereocenters. The van der Waals surface area contributed by atoms with Gasteiger partial charge in [-0.15, -0.1) is 0 Å². The predicted molar refractivity (Wildman–Crippen MR) is 125 cm³/mol. The van der Waals surface area contributed by atoms with E-state index in [0.29, 0.717) is 11.8 Å². The molecular formula is C25H26N2OS. The topological polar surface area (TPSA) is 34.1 Å². The van der Waals surface area contributed by atoms with E-state index in [1.165, 1.54) is 11.1 Å². The second-order valence-corrected chi connectivity index (χ2v) is 7.07. The Balaban J connectivity index is 1.42.